The maximum absolute atomic E-state index is 10.6. The topological polar surface area (TPSA) is 96.5 Å². The van der Waals surface area contributed by atoms with Crippen LogP contribution >= 0.6 is 0 Å². The molecule has 1 aromatic heterocycles. The molecule has 1 aromatic carbocycles. The molecule has 0 saturated heterocycles. The largest absolute Gasteiger partial charge is 0.478 e. The zero-order valence-corrected chi connectivity index (χ0v) is 8.12. The van der Waals surface area contributed by atoms with E-state index in [1.54, 1.807) is 12.1 Å². The molecule has 0 bridgehead atoms. The number of benzene rings is 1. The number of aromatic nitrogens is 2. The van der Waals surface area contributed by atoms with Gasteiger partial charge in [0.2, 0.25) is 5.82 Å². The summed E-state index contributed by atoms with van der Waals surface area (Å²) < 4.78 is 4.72. The van der Waals surface area contributed by atoms with E-state index in [2.05, 4.69) is 10.1 Å². The zero-order chi connectivity index (χ0) is 11.5. The fourth-order valence-corrected chi connectivity index (χ4v) is 1.20. The Morgan fingerprint density at radius 1 is 1.31 bits per heavy atom. The molecule has 0 aliphatic rings. The number of rotatable bonds is 3. The first-order chi connectivity index (χ1) is 7.70. The van der Waals surface area contributed by atoms with Crippen LogP contribution in [0.3, 0.4) is 0 Å². The molecule has 0 aliphatic carbocycles. The maximum Gasteiger partial charge on any atom is 0.335 e. The summed E-state index contributed by atoms with van der Waals surface area (Å²) in [6.07, 6.45) is 0. The van der Waals surface area contributed by atoms with Gasteiger partial charge in [0.1, 0.15) is 6.61 Å². The molecular formula is C10H8N2O4. The molecule has 0 amide bonds. The van der Waals surface area contributed by atoms with Crippen molar-refractivity contribution in [2.45, 2.75) is 6.61 Å². The van der Waals surface area contributed by atoms with Crippen LogP contribution < -0.4 is 0 Å². The molecule has 0 radical (unpaired) electrons. The minimum Gasteiger partial charge on any atom is -0.478 e. The molecule has 0 aliphatic heterocycles. The summed E-state index contributed by atoms with van der Waals surface area (Å²) in [7, 11) is 0. The van der Waals surface area contributed by atoms with E-state index in [4.69, 9.17) is 14.7 Å². The Balaban J connectivity index is 2.30. The predicted octanol–water partition coefficient (Wildman–Crippen LogP) is 0.927. The maximum atomic E-state index is 10.6. The fourth-order valence-electron chi connectivity index (χ4n) is 1.20. The summed E-state index contributed by atoms with van der Waals surface area (Å²) in [6.45, 7) is -0.319. The number of carboxylic acids is 1. The number of aromatic carboxylic acids is 1. The van der Waals surface area contributed by atoms with Gasteiger partial charge in [-0.15, -0.1) is 0 Å². The van der Waals surface area contributed by atoms with Crippen LogP contribution in [0.5, 0.6) is 0 Å². The highest BCUT2D eigenvalue weighted by Crippen LogP contribution is 2.16. The van der Waals surface area contributed by atoms with Gasteiger partial charge in [0.15, 0.2) is 0 Å². The number of hydrogen-bond acceptors (Lipinski definition) is 5. The first kappa shape index (κ1) is 10.3. The van der Waals surface area contributed by atoms with Crippen LogP contribution in [0.4, 0.5) is 0 Å². The van der Waals surface area contributed by atoms with Crippen LogP contribution in [0.25, 0.3) is 11.4 Å². The minimum atomic E-state index is -0.990. The van der Waals surface area contributed by atoms with Crippen LogP contribution in [0, 0.1) is 0 Å². The average Bonchev–Trinajstić information content (AvgIpc) is 2.77. The van der Waals surface area contributed by atoms with Crippen LogP contribution in [-0.2, 0) is 6.61 Å². The van der Waals surface area contributed by atoms with Gasteiger partial charge in [-0.1, -0.05) is 17.3 Å². The highest BCUT2D eigenvalue weighted by atomic mass is 16.5. The molecule has 2 N–H and O–H groups in total. The molecule has 6 nitrogen and oxygen atoms in total. The lowest BCUT2D eigenvalue weighted by molar-refractivity contribution is 0.0697. The highest BCUT2D eigenvalue weighted by Gasteiger charge is 2.08. The van der Waals surface area contributed by atoms with Crippen molar-refractivity contribution in [3.63, 3.8) is 0 Å². The highest BCUT2D eigenvalue weighted by molar-refractivity contribution is 5.88. The average molecular weight is 220 g/mol. The summed E-state index contributed by atoms with van der Waals surface area (Å²) in [5, 5.41) is 21.1. The molecule has 0 atom stereocenters. The molecule has 2 rings (SSSR count). The Hall–Kier alpha value is -2.21. The van der Waals surface area contributed by atoms with Gasteiger partial charge in [0.25, 0.3) is 5.89 Å². The lowest BCUT2D eigenvalue weighted by atomic mass is 10.1. The number of hydrogen-bond donors (Lipinski definition) is 2. The Bertz CT molecular complexity index is 504. The van der Waals surface area contributed by atoms with Gasteiger partial charge in [0.05, 0.1) is 5.56 Å². The molecule has 0 spiro atoms. The summed E-state index contributed by atoms with van der Waals surface area (Å²) in [5.74, 6) is -0.547. The number of carboxylic acid groups (broad SMARTS) is 1. The van der Waals surface area contributed by atoms with E-state index in [1.807, 2.05) is 0 Å². The van der Waals surface area contributed by atoms with Crippen molar-refractivity contribution in [3.05, 3.63) is 35.7 Å². The Morgan fingerprint density at radius 2 is 2.00 bits per heavy atom. The van der Waals surface area contributed by atoms with Gasteiger partial charge < -0.3 is 14.7 Å². The van der Waals surface area contributed by atoms with E-state index in [9.17, 15) is 4.79 Å². The molecule has 82 valence electrons. The summed E-state index contributed by atoms with van der Waals surface area (Å²) in [6, 6.07) is 6.06. The molecule has 0 fully saturated rings. The van der Waals surface area contributed by atoms with Crippen molar-refractivity contribution in [1.82, 2.24) is 10.1 Å². The second-order valence-electron chi connectivity index (χ2n) is 3.05. The lowest BCUT2D eigenvalue weighted by Crippen LogP contribution is -1.95. The van der Waals surface area contributed by atoms with Crippen LogP contribution in [0.2, 0.25) is 0 Å². The fraction of sp³-hybridized carbons (Fsp3) is 0.100. The summed E-state index contributed by atoms with van der Waals surface area (Å²) in [4.78, 5) is 14.5. The Labute approximate surface area is 90.2 Å². The van der Waals surface area contributed by atoms with Crippen molar-refractivity contribution in [2.75, 3.05) is 0 Å². The van der Waals surface area contributed by atoms with Crippen molar-refractivity contribution in [1.29, 1.82) is 0 Å². The third kappa shape index (κ3) is 1.91. The number of aliphatic hydroxyl groups excluding tert-OH is 1. The van der Waals surface area contributed by atoms with Crippen LogP contribution in [-0.4, -0.2) is 26.3 Å². The zero-order valence-electron chi connectivity index (χ0n) is 8.12. The van der Waals surface area contributed by atoms with E-state index in [0.29, 0.717) is 11.4 Å². The lowest BCUT2D eigenvalue weighted by Gasteiger charge is -1.95. The third-order valence-corrected chi connectivity index (χ3v) is 1.99. The van der Waals surface area contributed by atoms with Crippen molar-refractivity contribution in [2.24, 2.45) is 0 Å². The van der Waals surface area contributed by atoms with Crippen molar-refractivity contribution < 1.29 is 19.5 Å². The first-order valence-electron chi connectivity index (χ1n) is 4.48. The van der Waals surface area contributed by atoms with Crippen molar-refractivity contribution in [3.8, 4) is 11.4 Å². The molecule has 1 heterocycles. The SMILES string of the molecule is O=C(O)c1ccc(-c2noc(CO)n2)cc1. The van der Waals surface area contributed by atoms with Gasteiger partial charge >= 0.3 is 5.97 Å². The molecule has 6 heteroatoms. The molecule has 0 unspecified atom stereocenters. The normalized spacial score (nSPS) is 10.3. The van der Waals surface area contributed by atoms with Crippen LogP contribution in [0.1, 0.15) is 16.2 Å². The van der Waals surface area contributed by atoms with Gasteiger partial charge in [-0.05, 0) is 12.1 Å². The molecule has 2 aromatic rings. The summed E-state index contributed by atoms with van der Waals surface area (Å²) in [5.41, 5.74) is 0.822. The standard InChI is InChI=1S/C10H8N2O4/c13-5-8-11-9(12-16-8)6-1-3-7(4-2-6)10(14)15/h1-4,13H,5H2,(H,14,15). The molecule has 16 heavy (non-hydrogen) atoms. The second kappa shape index (κ2) is 4.11. The third-order valence-electron chi connectivity index (χ3n) is 1.99. The van der Waals surface area contributed by atoms with Gasteiger partial charge in [-0.2, -0.15) is 4.98 Å². The number of aliphatic hydroxyl groups is 1. The molecule has 0 saturated carbocycles. The van der Waals surface area contributed by atoms with E-state index >= 15 is 0 Å². The van der Waals surface area contributed by atoms with Gasteiger partial charge in [0, 0.05) is 5.56 Å². The van der Waals surface area contributed by atoms with Crippen LogP contribution in [0.15, 0.2) is 28.8 Å². The van der Waals surface area contributed by atoms with Gasteiger partial charge in [-0.3, -0.25) is 0 Å². The van der Waals surface area contributed by atoms with E-state index in [-0.39, 0.29) is 18.1 Å². The monoisotopic (exact) mass is 220 g/mol. The summed E-state index contributed by atoms with van der Waals surface area (Å²) >= 11 is 0. The molecular weight excluding hydrogens is 212 g/mol. The predicted molar refractivity (Wildman–Crippen MR) is 52.6 cm³/mol. The quantitative estimate of drug-likeness (QED) is 0.798. The van der Waals surface area contributed by atoms with E-state index < -0.39 is 5.97 Å². The number of carbonyl (C=O) groups is 1. The number of nitrogens with zero attached hydrogens (tertiary/aromatic N) is 2. The second-order valence-corrected chi connectivity index (χ2v) is 3.05. The Kier molecular flexibility index (Phi) is 2.65. The van der Waals surface area contributed by atoms with Crippen molar-refractivity contribution >= 4 is 5.97 Å². The Morgan fingerprint density at radius 3 is 2.50 bits per heavy atom. The van der Waals surface area contributed by atoms with Gasteiger partial charge in [-0.25, -0.2) is 4.79 Å². The minimum absolute atomic E-state index is 0.123. The first-order valence-corrected chi connectivity index (χ1v) is 4.48. The smallest absolute Gasteiger partial charge is 0.335 e. The van der Waals surface area contributed by atoms with E-state index in [1.165, 1.54) is 12.1 Å². The van der Waals surface area contributed by atoms with E-state index in [0.717, 1.165) is 0 Å².